The lowest BCUT2D eigenvalue weighted by molar-refractivity contribution is 0.100. The summed E-state index contributed by atoms with van der Waals surface area (Å²) in [4.78, 5) is 22.1. The van der Waals surface area contributed by atoms with Crippen molar-refractivity contribution in [1.29, 1.82) is 0 Å². The summed E-state index contributed by atoms with van der Waals surface area (Å²) in [7, 11) is 0. The van der Waals surface area contributed by atoms with E-state index in [1.807, 2.05) is 18.2 Å². The Labute approximate surface area is 153 Å². The van der Waals surface area contributed by atoms with Gasteiger partial charge in [0, 0.05) is 12.1 Å². The number of benzene rings is 2. The average Bonchev–Trinajstić information content (AvgIpc) is 3.11. The summed E-state index contributed by atoms with van der Waals surface area (Å²) in [6, 6.07) is 13.9. The highest BCUT2D eigenvalue weighted by Crippen LogP contribution is 2.24. The molecule has 2 heterocycles. The van der Waals surface area contributed by atoms with Crippen molar-refractivity contribution in [3.05, 3.63) is 53.6 Å². The molecule has 134 valence electrons. The number of hydrogen-bond acceptors (Lipinski definition) is 3. The molecular weight excluding hydrogens is 324 g/mol. The van der Waals surface area contributed by atoms with Crippen LogP contribution < -0.4 is 5.73 Å². The van der Waals surface area contributed by atoms with Crippen LogP contribution in [0.3, 0.4) is 0 Å². The second-order valence-electron chi connectivity index (χ2n) is 7.00. The summed E-state index contributed by atoms with van der Waals surface area (Å²) in [5, 5.41) is 0. The molecule has 0 aliphatic carbocycles. The first-order valence-corrected chi connectivity index (χ1v) is 9.31. The highest BCUT2D eigenvalue weighted by Gasteiger charge is 2.13. The van der Waals surface area contributed by atoms with Crippen LogP contribution in [0.2, 0.25) is 0 Å². The Bertz CT molecular complexity index is 925. The van der Waals surface area contributed by atoms with Crippen molar-refractivity contribution >= 4 is 16.9 Å². The maximum atomic E-state index is 11.6. The van der Waals surface area contributed by atoms with Gasteiger partial charge in [0.25, 0.3) is 5.91 Å². The van der Waals surface area contributed by atoms with Gasteiger partial charge >= 0.3 is 0 Å². The first-order chi connectivity index (χ1) is 12.7. The largest absolute Gasteiger partial charge is 0.366 e. The lowest BCUT2D eigenvalue weighted by Crippen LogP contribution is -2.31. The van der Waals surface area contributed by atoms with E-state index in [0.29, 0.717) is 11.1 Å². The van der Waals surface area contributed by atoms with Crippen LogP contribution in [0, 0.1) is 0 Å². The molecule has 3 aromatic rings. The van der Waals surface area contributed by atoms with Crippen molar-refractivity contribution in [3.8, 4) is 11.4 Å². The number of carbonyl (C=O) groups excluding carboxylic acids is 1. The summed E-state index contributed by atoms with van der Waals surface area (Å²) in [5.74, 6) is 0.317. The molecule has 1 aromatic heterocycles. The third kappa shape index (κ3) is 3.48. The first-order valence-electron chi connectivity index (χ1n) is 9.31. The third-order valence-electron chi connectivity index (χ3n) is 5.14. The summed E-state index contributed by atoms with van der Waals surface area (Å²) < 4.78 is 0. The third-order valence-corrected chi connectivity index (χ3v) is 5.14. The molecule has 1 fully saturated rings. The minimum Gasteiger partial charge on any atom is -0.366 e. The zero-order valence-corrected chi connectivity index (χ0v) is 14.9. The summed E-state index contributed by atoms with van der Waals surface area (Å²) in [6.07, 6.45) is 5.05. The highest BCUT2D eigenvalue weighted by atomic mass is 16.1. The molecule has 1 aliphatic heterocycles. The number of carbonyl (C=O) groups is 1. The maximum absolute atomic E-state index is 11.6. The number of nitrogens with two attached hydrogens (primary N) is 1. The Morgan fingerprint density at radius 1 is 1.12 bits per heavy atom. The lowest BCUT2D eigenvalue weighted by Gasteiger charge is -2.26. The fourth-order valence-electron chi connectivity index (χ4n) is 3.71. The smallest absolute Gasteiger partial charge is 0.250 e. The SMILES string of the molecule is NC(=O)c1cccc2[nH]c(-c3cccc(CCN4CCCCC4)c3)nc12. The fraction of sp³-hybridized carbons (Fsp3) is 0.333. The second-order valence-corrected chi connectivity index (χ2v) is 7.00. The molecule has 2 aromatic carbocycles. The van der Waals surface area contributed by atoms with Gasteiger partial charge in [-0.1, -0.05) is 30.7 Å². The highest BCUT2D eigenvalue weighted by molar-refractivity contribution is 6.04. The van der Waals surface area contributed by atoms with Gasteiger partial charge in [0.2, 0.25) is 0 Å². The van der Waals surface area contributed by atoms with Crippen molar-refractivity contribution < 1.29 is 4.79 Å². The Kier molecular flexibility index (Phi) is 4.71. The second kappa shape index (κ2) is 7.30. The van der Waals surface area contributed by atoms with E-state index in [4.69, 9.17) is 5.73 Å². The van der Waals surface area contributed by atoms with Gasteiger partial charge < -0.3 is 15.6 Å². The van der Waals surface area contributed by atoms with Crippen molar-refractivity contribution in [3.63, 3.8) is 0 Å². The average molecular weight is 348 g/mol. The van der Waals surface area contributed by atoms with Gasteiger partial charge in [-0.15, -0.1) is 0 Å². The molecule has 26 heavy (non-hydrogen) atoms. The maximum Gasteiger partial charge on any atom is 0.250 e. The molecule has 0 bridgehead atoms. The molecule has 1 saturated heterocycles. The molecule has 0 radical (unpaired) electrons. The van der Waals surface area contributed by atoms with E-state index in [1.165, 1.54) is 37.9 Å². The number of imidazole rings is 1. The van der Waals surface area contributed by atoms with Crippen molar-refractivity contribution in [2.24, 2.45) is 5.73 Å². The van der Waals surface area contributed by atoms with Crippen molar-refractivity contribution in [2.75, 3.05) is 19.6 Å². The number of rotatable bonds is 5. The van der Waals surface area contributed by atoms with Crippen molar-refractivity contribution in [2.45, 2.75) is 25.7 Å². The molecule has 1 aliphatic rings. The van der Waals surface area contributed by atoms with Crippen LogP contribution in [-0.4, -0.2) is 40.4 Å². The van der Waals surface area contributed by atoms with Crippen LogP contribution in [0.15, 0.2) is 42.5 Å². The van der Waals surface area contributed by atoms with Crippen LogP contribution in [-0.2, 0) is 6.42 Å². The van der Waals surface area contributed by atoms with Gasteiger partial charge in [0.1, 0.15) is 11.3 Å². The number of para-hydroxylation sites is 1. The molecular formula is C21H24N4O. The van der Waals surface area contributed by atoms with E-state index >= 15 is 0 Å². The normalized spacial score (nSPS) is 15.4. The lowest BCUT2D eigenvalue weighted by atomic mass is 10.1. The predicted octanol–water partition coefficient (Wildman–Crippen LogP) is 3.36. The van der Waals surface area contributed by atoms with E-state index in [0.717, 1.165) is 29.9 Å². The molecule has 3 N–H and O–H groups in total. The molecule has 4 rings (SSSR count). The fourth-order valence-corrected chi connectivity index (χ4v) is 3.71. The van der Waals surface area contributed by atoms with Gasteiger partial charge in [-0.25, -0.2) is 4.98 Å². The zero-order chi connectivity index (χ0) is 17.9. The number of piperidine rings is 1. The molecule has 0 unspecified atom stereocenters. The van der Waals surface area contributed by atoms with Crippen LogP contribution in [0.25, 0.3) is 22.4 Å². The van der Waals surface area contributed by atoms with Gasteiger partial charge in [0.15, 0.2) is 0 Å². The van der Waals surface area contributed by atoms with E-state index in [2.05, 4.69) is 33.1 Å². The van der Waals surface area contributed by atoms with E-state index in [1.54, 1.807) is 6.07 Å². The number of aromatic nitrogens is 2. The molecule has 0 atom stereocenters. The van der Waals surface area contributed by atoms with Crippen LogP contribution in [0.5, 0.6) is 0 Å². The Hall–Kier alpha value is -2.66. The number of nitrogens with zero attached hydrogens (tertiary/aromatic N) is 2. The topological polar surface area (TPSA) is 75.0 Å². The van der Waals surface area contributed by atoms with Crippen molar-refractivity contribution in [1.82, 2.24) is 14.9 Å². The monoisotopic (exact) mass is 348 g/mol. The number of amides is 1. The van der Waals surface area contributed by atoms with Gasteiger partial charge in [0.05, 0.1) is 11.1 Å². The standard InChI is InChI=1S/C21H24N4O/c22-20(26)17-8-5-9-18-19(17)24-21(23-18)16-7-4-6-15(14-16)10-13-25-11-2-1-3-12-25/h4-9,14H,1-3,10-13H2,(H2,22,26)(H,23,24). The number of likely N-dealkylation sites (tertiary alicyclic amines) is 1. The number of nitrogens with one attached hydrogen (secondary N) is 1. The Morgan fingerprint density at radius 3 is 2.73 bits per heavy atom. The first kappa shape index (κ1) is 16.8. The predicted molar refractivity (Wildman–Crippen MR) is 104 cm³/mol. The van der Waals surface area contributed by atoms with Crippen LogP contribution in [0.4, 0.5) is 0 Å². The Balaban J connectivity index is 1.57. The minimum atomic E-state index is -0.455. The van der Waals surface area contributed by atoms with Crippen LogP contribution >= 0.6 is 0 Å². The number of H-pyrrole nitrogens is 1. The molecule has 1 amide bonds. The molecule has 0 spiro atoms. The van der Waals surface area contributed by atoms with E-state index in [-0.39, 0.29) is 0 Å². The van der Waals surface area contributed by atoms with Gasteiger partial charge in [-0.3, -0.25) is 4.79 Å². The van der Waals surface area contributed by atoms with Gasteiger partial charge in [-0.05, 0) is 56.1 Å². The van der Waals surface area contributed by atoms with Crippen LogP contribution in [0.1, 0.15) is 35.2 Å². The van der Waals surface area contributed by atoms with Gasteiger partial charge in [-0.2, -0.15) is 0 Å². The van der Waals surface area contributed by atoms with E-state index in [9.17, 15) is 4.79 Å². The minimum absolute atomic E-state index is 0.450. The quantitative estimate of drug-likeness (QED) is 0.742. The summed E-state index contributed by atoms with van der Waals surface area (Å²) in [5.41, 5.74) is 9.72. The molecule has 5 nitrogen and oxygen atoms in total. The Morgan fingerprint density at radius 2 is 1.92 bits per heavy atom. The zero-order valence-electron chi connectivity index (χ0n) is 14.9. The molecule has 5 heteroatoms. The van der Waals surface area contributed by atoms with E-state index < -0.39 is 5.91 Å². The number of aromatic amines is 1. The summed E-state index contributed by atoms with van der Waals surface area (Å²) in [6.45, 7) is 3.55. The number of primary amides is 1. The summed E-state index contributed by atoms with van der Waals surface area (Å²) >= 11 is 0. The number of hydrogen-bond donors (Lipinski definition) is 2. The number of fused-ring (bicyclic) bond motifs is 1. The molecule has 0 saturated carbocycles.